The minimum Gasteiger partial charge on any atom is -0.387 e. The molecule has 19 heavy (non-hydrogen) atoms. The van der Waals surface area contributed by atoms with Crippen LogP contribution in [0.15, 0.2) is 18.3 Å². The molecule has 0 aliphatic carbocycles. The normalized spacial score (nSPS) is 20.9. The first-order valence-electron chi connectivity index (χ1n) is 6.75. The van der Waals surface area contributed by atoms with Crippen molar-refractivity contribution in [2.24, 2.45) is 0 Å². The predicted molar refractivity (Wildman–Crippen MR) is 70.2 cm³/mol. The van der Waals surface area contributed by atoms with Gasteiger partial charge in [-0.25, -0.2) is 4.39 Å². The number of halogens is 1. The van der Waals surface area contributed by atoms with Crippen LogP contribution in [0.25, 0.3) is 0 Å². The van der Waals surface area contributed by atoms with Crippen LogP contribution in [-0.4, -0.2) is 47.8 Å². The standard InChI is InChI=1S/C14H21FN2O2/c1-17(10-12-3-2-8-19-12)7-6-14(18)13-5-4-11(15)9-16-13/h4-5,9,12,14,18H,2-3,6-8,10H2,1H3. The van der Waals surface area contributed by atoms with E-state index in [9.17, 15) is 9.50 Å². The van der Waals surface area contributed by atoms with E-state index < -0.39 is 6.10 Å². The second kappa shape index (κ2) is 6.93. The van der Waals surface area contributed by atoms with Crippen LogP contribution in [0.4, 0.5) is 4.39 Å². The number of rotatable bonds is 6. The summed E-state index contributed by atoms with van der Waals surface area (Å²) in [5.74, 6) is -0.383. The number of hydrogen-bond donors (Lipinski definition) is 1. The van der Waals surface area contributed by atoms with E-state index in [0.717, 1.165) is 38.7 Å². The molecular formula is C14H21FN2O2. The Kier molecular flexibility index (Phi) is 5.24. The number of ether oxygens (including phenoxy) is 1. The Morgan fingerprint density at radius 1 is 1.58 bits per heavy atom. The number of likely N-dealkylation sites (N-methyl/N-ethyl adjacent to an activating group) is 1. The summed E-state index contributed by atoms with van der Waals surface area (Å²) in [6.07, 6.45) is 3.66. The Morgan fingerprint density at radius 2 is 2.42 bits per heavy atom. The molecule has 1 aromatic heterocycles. The molecule has 1 aromatic rings. The summed E-state index contributed by atoms with van der Waals surface area (Å²) in [5.41, 5.74) is 0.520. The van der Waals surface area contributed by atoms with Gasteiger partial charge in [0.2, 0.25) is 0 Å². The summed E-state index contributed by atoms with van der Waals surface area (Å²) < 4.78 is 18.3. The van der Waals surface area contributed by atoms with E-state index in [-0.39, 0.29) is 5.82 Å². The molecule has 2 rings (SSSR count). The third-order valence-corrected chi connectivity index (χ3v) is 3.42. The number of nitrogens with zero attached hydrogens (tertiary/aromatic N) is 2. The summed E-state index contributed by atoms with van der Waals surface area (Å²) in [7, 11) is 2.02. The van der Waals surface area contributed by atoms with Gasteiger partial charge >= 0.3 is 0 Å². The van der Waals surface area contributed by atoms with E-state index in [2.05, 4.69) is 9.88 Å². The van der Waals surface area contributed by atoms with Crippen molar-refractivity contribution in [3.8, 4) is 0 Å². The summed E-state index contributed by atoms with van der Waals surface area (Å²) in [4.78, 5) is 6.05. The lowest BCUT2D eigenvalue weighted by Crippen LogP contribution is -2.30. The predicted octanol–water partition coefficient (Wildman–Crippen LogP) is 1.75. The second-order valence-corrected chi connectivity index (χ2v) is 5.10. The van der Waals surface area contributed by atoms with E-state index in [1.807, 2.05) is 7.05 Å². The first kappa shape index (κ1) is 14.4. The van der Waals surface area contributed by atoms with Gasteiger partial charge in [-0.3, -0.25) is 4.98 Å². The Balaban J connectivity index is 1.73. The summed E-state index contributed by atoms with van der Waals surface area (Å²) in [6, 6.07) is 2.85. The molecule has 1 aliphatic heterocycles. The maximum absolute atomic E-state index is 12.7. The van der Waals surface area contributed by atoms with Gasteiger partial charge in [-0.05, 0) is 38.4 Å². The fourth-order valence-electron chi connectivity index (χ4n) is 2.30. The fourth-order valence-corrected chi connectivity index (χ4v) is 2.30. The largest absolute Gasteiger partial charge is 0.387 e. The van der Waals surface area contributed by atoms with E-state index in [4.69, 9.17) is 4.74 Å². The van der Waals surface area contributed by atoms with Crippen molar-refractivity contribution in [1.82, 2.24) is 9.88 Å². The highest BCUT2D eigenvalue weighted by Gasteiger charge is 2.18. The van der Waals surface area contributed by atoms with Gasteiger partial charge in [0, 0.05) is 19.7 Å². The zero-order valence-electron chi connectivity index (χ0n) is 11.3. The Morgan fingerprint density at radius 3 is 3.05 bits per heavy atom. The monoisotopic (exact) mass is 268 g/mol. The minimum absolute atomic E-state index is 0.325. The molecule has 0 aromatic carbocycles. The SMILES string of the molecule is CN(CCC(O)c1ccc(F)cn1)CC1CCCO1. The van der Waals surface area contributed by atoms with Crippen LogP contribution in [0.5, 0.6) is 0 Å². The maximum Gasteiger partial charge on any atom is 0.141 e. The number of aliphatic hydroxyl groups is 1. The lowest BCUT2D eigenvalue weighted by molar-refractivity contribution is 0.0736. The van der Waals surface area contributed by atoms with E-state index in [1.165, 1.54) is 12.1 Å². The fraction of sp³-hybridized carbons (Fsp3) is 0.643. The van der Waals surface area contributed by atoms with Crippen molar-refractivity contribution in [2.75, 3.05) is 26.7 Å². The molecule has 0 bridgehead atoms. The molecule has 1 fully saturated rings. The van der Waals surface area contributed by atoms with Crippen LogP contribution in [0.3, 0.4) is 0 Å². The summed E-state index contributed by atoms with van der Waals surface area (Å²) in [5, 5.41) is 9.98. The molecule has 0 spiro atoms. The number of aromatic nitrogens is 1. The molecule has 5 heteroatoms. The lowest BCUT2D eigenvalue weighted by atomic mass is 10.1. The van der Waals surface area contributed by atoms with E-state index in [1.54, 1.807) is 0 Å². The van der Waals surface area contributed by atoms with Crippen molar-refractivity contribution in [3.05, 3.63) is 29.8 Å². The zero-order valence-corrected chi connectivity index (χ0v) is 11.3. The van der Waals surface area contributed by atoms with Gasteiger partial charge in [-0.15, -0.1) is 0 Å². The van der Waals surface area contributed by atoms with E-state index in [0.29, 0.717) is 18.2 Å². The summed E-state index contributed by atoms with van der Waals surface area (Å²) >= 11 is 0. The molecule has 0 radical (unpaired) electrons. The average molecular weight is 268 g/mol. The third-order valence-electron chi connectivity index (χ3n) is 3.42. The first-order chi connectivity index (χ1) is 9.15. The number of hydrogen-bond acceptors (Lipinski definition) is 4. The molecule has 2 unspecified atom stereocenters. The first-order valence-corrected chi connectivity index (χ1v) is 6.75. The average Bonchev–Trinajstić information content (AvgIpc) is 2.89. The molecule has 1 N–H and O–H groups in total. The van der Waals surface area contributed by atoms with Crippen molar-refractivity contribution >= 4 is 0 Å². The molecule has 106 valence electrons. The van der Waals surface area contributed by atoms with Gasteiger partial charge in [0.15, 0.2) is 0 Å². The highest BCUT2D eigenvalue weighted by Crippen LogP contribution is 2.16. The zero-order chi connectivity index (χ0) is 13.7. The maximum atomic E-state index is 12.7. The summed E-state index contributed by atoms with van der Waals surface area (Å²) in [6.45, 7) is 2.52. The molecule has 2 atom stereocenters. The van der Waals surface area contributed by atoms with Crippen molar-refractivity contribution < 1.29 is 14.2 Å². The molecule has 1 saturated heterocycles. The Hall–Kier alpha value is -1.04. The number of pyridine rings is 1. The molecule has 1 aliphatic rings. The lowest BCUT2D eigenvalue weighted by Gasteiger charge is -2.21. The van der Waals surface area contributed by atoms with E-state index >= 15 is 0 Å². The van der Waals surface area contributed by atoms with Gasteiger partial charge in [-0.1, -0.05) is 0 Å². The highest BCUT2D eigenvalue weighted by atomic mass is 19.1. The number of aliphatic hydroxyl groups excluding tert-OH is 1. The third kappa shape index (κ3) is 4.53. The van der Waals surface area contributed by atoms with Crippen molar-refractivity contribution in [1.29, 1.82) is 0 Å². The highest BCUT2D eigenvalue weighted by molar-refractivity contribution is 5.07. The van der Waals surface area contributed by atoms with Gasteiger partial charge in [0.25, 0.3) is 0 Å². The van der Waals surface area contributed by atoms with Crippen LogP contribution in [-0.2, 0) is 4.74 Å². The van der Waals surface area contributed by atoms with Gasteiger partial charge < -0.3 is 14.7 Å². The second-order valence-electron chi connectivity index (χ2n) is 5.10. The minimum atomic E-state index is -0.646. The van der Waals surface area contributed by atoms with Crippen LogP contribution < -0.4 is 0 Å². The van der Waals surface area contributed by atoms with Crippen LogP contribution in [0.1, 0.15) is 31.1 Å². The molecule has 4 nitrogen and oxygen atoms in total. The quantitative estimate of drug-likeness (QED) is 0.854. The Labute approximate surface area is 113 Å². The van der Waals surface area contributed by atoms with Gasteiger partial charge in [-0.2, -0.15) is 0 Å². The van der Waals surface area contributed by atoms with Crippen LogP contribution in [0, 0.1) is 5.82 Å². The Bertz CT molecular complexity index is 380. The van der Waals surface area contributed by atoms with Crippen molar-refractivity contribution in [3.63, 3.8) is 0 Å². The molecule has 0 saturated carbocycles. The molecular weight excluding hydrogens is 247 g/mol. The molecule has 2 heterocycles. The smallest absolute Gasteiger partial charge is 0.141 e. The van der Waals surface area contributed by atoms with Crippen LogP contribution >= 0.6 is 0 Å². The van der Waals surface area contributed by atoms with Crippen LogP contribution in [0.2, 0.25) is 0 Å². The molecule has 0 amide bonds. The van der Waals surface area contributed by atoms with Crippen molar-refractivity contribution in [2.45, 2.75) is 31.5 Å². The van der Waals surface area contributed by atoms with Gasteiger partial charge in [0.05, 0.1) is 24.1 Å². The van der Waals surface area contributed by atoms with Gasteiger partial charge in [0.1, 0.15) is 5.82 Å². The topological polar surface area (TPSA) is 45.6 Å².